The number of carboxylic acids is 2. The first-order valence-electron chi connectivity index (χ1n) is 17.0. The SMILES string of the molecule is CN1C[C@@H]2c3ccccc3Oc3ccc([N+](=O)[O-])cc3[C@H]2C1.CN1C[C@@H]2c3ccccc3Oc3ccc([N+](=O)[O-])cc3[C@H]2C1.O=C(O)C(O)C(O)C(=O)O. The standard InChI is InChI=1S/2C17H16N2O3.C4H6O6/c2*1-18-9-14-12-4-2-3-5-16(12)22-17-7-6-11(19(20)21)8-13(17)15(14)10-18;5-1(3(7)8)2(6)4(9)10/h2*2-8,14-15H,9-10H2,1H3;1-2,5-6H,(H,7,8)(H,9,10)/t2*14-,15-;/m11./s1. The molecule has 2 fully saturated rings. The minimum Gasteiger partial charge on any atom is -0.479 e. The number of hydrogen-bond acceptors (Lipinski definition) is 12. The molecule has 282 valence electrons. The van der Waals surface area contributed by atoms with Gasteiger partial charge in [-0.15, -0.1) is 0 Å². The van der Waals surface area contributed by atoms with Gasteiger partial charge >= 0.3 is 11.9 Å². The number of nitrogens with zero attached hydrogens (tertiary/aromatic N) is 4. The van der Waals surface area contributed by atoms with Crippen LogP contribution in [0.1, 0.15) is 45.9 Å². The lowest BCUT2D eigenvalue weighted by atomic mass is 9.84. The van der Waals surface area contributed by atoms with Crippen molar-refractivity contribution in [3.63, 3.8) is 0 Å². The average molecular weight is 743 g/mol. The summed E-state index contributed by atoms with van der Waals surface area (Å²) in [4.78, 5) is 45.6. The van der Waals surface area contributed by atoms with Crippen molar-refractivity contribution in [3.05, 3.63) is 127 Å². The number of likely N-dealkylation sites (tertiary alicyclic amines) is 2. The molecule has 0 spiro atoms. The van der Waals surface area contributed by atoms with E-state index in [-0.39, 0.29) is 33.1 Å². The highest BCUT2D eigenvalue weighted by Gasteiger charge is 2.40. The van der Waals surface area contributed by atoms with Crippen molar-refractivity contribution in [2.75, 3.05) is 40.3 Å². The molecule has 2 unspecified atom stereocenters. The van der Waals surface area contributed by atoms with Gasteiger partial charge in [-0.1, -0.05) is 36.4 Å². The molecule has 54 heavy (non-hydrogen) atoms. The number of aliphatic hydroxyl groups is 2. The lowest BCUT2D eigenvalue weighted by Crippen LogP contribution is -2.39. The van der Waals surface area contributed by atoms with Crippen molar-refractivity contribution < 1.29 is 49.3 Å². The van der Waals surface area contributed by atoms with Crippen LogP contribution in [0.4, 0.5) is 11.4 Å². The molecule has 6 atom stereocenters. The Morgan fingerprint density at radius 2 is 0.907 bits per heavy atom. The van der Waals surface area contributed by atoms with E-state index in [1.54, 1.807) is 24.3 Å². The molecule has 0 aromatic heterocycles. The second kappa shape index (κ2) is 15.6. The van der Waals surface area contributed by atoms with Gasteiger partial charge in [-0.25, -0.2) is 9.59 Å². The van der Waals surface area contributed by atoms with Crippen molar-refractivity contribution in [3.8, 4) is 23.0 Å². The summed E-state index contributed by atoms with van der Waals surface area (Å²) in [6.07, 6.45) is -4.53. The van der Waals surface area contributed by atoms with Gasteiger partial charge in [0.1, 0.15) is 23.0 Å². The summed E-state index contributed by atoms with van der Waals surface area (Å²) in [6.45, 7) is 3.65. The Morgan fingerprint density at radius 3 is 1.24 bits per heavy atom. The fourth-order valence-electron chi connectivity index (χ4n) is 7.59. The zero-order chi connectivity index (χ0) is 38.8. The van der Waals surface area contributed by atoms with Crippen LogP contribution in [0.15, 0.2) is 84.9 Å². The van der Waals surface area contributed by atoms with E-state index < -0.39 is 24.1 Å². The number of aliphatic hydroxyl groups excluding tert-OH is 2. The van der Waals surface area contributed by atoms with E-state index in [9.17, 15) is 29.8 Å². The van der Waals surface area contributed by atoms with E-state index in [1.807, 2.05) is 36.4 Å². The minimum atomic E-state index is -2.27. The van der Waals surface area contributed by atoms with Crippen molar-refractivity contribution in [1.29, 1.82) is 0 Å². The Hall–Kier alpha value is -5.94. The van der Waals surface area contributed by atoms with Gasteiger partial charge in [0, 0.05) is 85.2 Å². The number of carboxylic acid groups (broad SMARTS) is 2. The third kappa shape index (κ3) is 7.72. The number of fused-ring (bicyclic) bond motifs is 10. The maximum atomic E-state index is 11.1. The Balaban J connectivity index is 0.000000149. The monoisotopic (exact) mass is 742 g/mol. The topological polar surface area (TPSA) is 226 Å². The van der Waals surface area contributed by atoms with Crippen LogP contribution in [-0.2, 0) is 9.59 Å². The van der Waals surface area contributed by atoms with Gasteiger partial charge in [-0.3, -0.25) is 20.2 Å². The maximum Gasteiger partial charge on any atom is 0.335 e. The molecule has 4 N–H and O–H groups in total. The highest BCUT2D eigenvalue weighted by atomic mass is 16.6. The number of para-hydroxylation sites is 2. The molecule has 0 bridgehead atoms. The van der Waals surface area contributed by atoms with Crippen molar-refractivity contribution in [2.45, 2.75) is 35.9 Å². The van der Waals surface area contributed by atoms with Gasteiger partial charge in [-0.2, -0.15) is 0 Å². The van der Waals surface area contributed by atoms with Crippen LogP contribution in [0.2, 0.25) is 0 Å². The van der Waals surface area contributed by atoms with Crippen molar-refractivity contribution >= 4 is 23.3 Å². The normalized spacial score (nSPS) is 21.6. The zero-order valence-corrected chi connectivity index (χ0v) is 29.2. The molecule has 2 saturated heterocycles. The van der Waals surface area contributed by atoms with E-state index >= 15 is 0 Å². The summed E-state index contributed by atoms with van der Waals surface area (Å²) in [7, 11) is 4.18. The number of hydrogen-bond donors (Lipinski definition) is 4. The Kier molecular flexibility index (Phi) is 10.9. The highest BCUT2D eigenvalue weighted by molar-refractivity contribution is 5.83. The number of rotatable bonds is 5. The highest BCUT2D eigenvalue weighted by Crippen LogP contribution is 2.51. The fourth-order valence-corrected chi connectivity index (χ4v) is 7.59. The Morgan fingerprint density at radius 1 is 0.593 bits per heavy atom. The number of nitro benzene ring substituents is 2. The van der Waals surface area contributed by atoms with Crippen LogP contribution in [0.5, 0.6) is 23.0 Å². The second-order valence-corrected chi connectivity index (χ2v) is 13.7. The smallest absolute Gasteiger partial charge is 0.335 e. The van der Waals surface area contributed by atoms with E-state index in [2.05, 4.69) is 36.0 Å². The van der Waals surface area contributed by atoms with Crippen molar-refractivity contribution in [1.82, 2.24) is 9.80 Å². The summed E-state index contributed by atoms with van der Waals surface area (Å²) < 4.78 is 12.1. The molecule has 0 saturated carbocycles. The van der Waals surface area contributed by atoms with E-state index in [0.29, 0.717) is 11.8 Å². The molecule has 0 radical (unpaired) electrons. The number of non-ortho nitro benzene ring substituents is 2. The zero-order valence-electron chi connectivity index (χ0n) is 29.2. The number of ether oxygens (including phenoxy) is 2. The molecule has 4 aliphatic rings. The maximum absolute atomic E-state index is 11.1. The number of nitro groups is 2. The summed E-state index contributed by atoms with van der Waals surface area (Å²) >= 11 is 0. The first-order chi connectivity index (χ1) is 25.7. The van der Waals surface area contributed by atoms with Crippen LogP contribution in [0, 0.1) is 20.2 Å². The summed E-state index contributed by atoms with van der Waals surface area (Å²) in [6, 6.07) is 26.0. The summed E-state index contributed by atoms with van der Waals surface area (Å²) in [5.41, 5.74) is 4.52. The lowest BCUT2D eigenvalue weighted by molar-refractivity contribution is -0.385. The lowest BCUT2D eigenvalue weighted by Gasteiger charge is -2.16. The molecule has 4 aromatic rings. The number of aliphatic carboxylic acids is 2. The van der Waals surface area contributed by atoms with Gasteiger partial charge in [0.15, 0.2) is 12.2 Å². The molecule has 16 heteroatoms. The van der Waals surface area contributed by atoms with Gasteiger partial charge in [0.05, 0.1) is 9.85 Å². The van der Waals surface area contributed by atoms with Crippen LogP contribution in [-0.4, -0.2) is 104 Å². The fraction of sp³-hybridized carbons (Fsp3) is 0.316. The molecule has 0 aliphatic carbocycles. The quantitative estimate of drug-likeness (QED) is 0.158. The van der Waals surface area contributed by atoms with Gasteiger partial charge < -0.3 is 39.7 Å². The third-order valence-corrected chi connectivity index (χ3v) is 10.1. The first-order valence-corrected chi connectivity index (χ1v) is 17.0. The Labute approximate surface area is 308 Å². The molecule has 8 rings (SSSR count). The predicted octanol–water partition coefficient (Wildman–Crippen LogP) is 4.90. The number of likely N-dealkylation sites (N-methyl/N-ethyl adjacent to an activating group) is 2. The summed E-state index contributed by atoms with van der Waals surface area (Å²) in [5, 5.41) is 54.7. The number of benzene rings is 4. The van der Waals surface area contributed by atoms with E-state index in [1.165, 1.54) is 23.3 Å². The van der Waals surface area contributed by atoms with Gasteiger partial charge in [0.2, 0.25) is 0 Å². The molecule has 4 aromatic carbocycles. The summed E-state index contributed by atoms with van der Waals surface area (Å²) in [5.74, 6) is 0.730. The Bertz CT molecular complexity index is 1950. The molecule has 16 nitrogen and oxygen atoms in total. The van der Waals surface area contributed by atoms with E-state index in [0.717, 1.165) is 60.3 Å². The van der Waals surface area contributed by atoms with Crippen LogP contribution in [0.25, 0.3) is 0 Å². The van der Waals surface area contributed by atoms with Gasteiger partial charge in [0.25, 0.3) is 11.4 Å². The first kappa shape index (κ1) is 37.8. The minimum absolute atomic E-state index is 0.126. The second-order valence-electron chi connectivity index (χ2n) is 13.7. The molecular formula is C38H38N4O12. The predicted molar refractivity (Wildman–Crippen MR) is 192 cm³/mol. The molecular weight excluding hydrogens is 704 g/mol. The van der Waals surface area contributed by atoms with Crippen molar-refractivity contribution in [2.24, 2.45) is 0 Å². The third-order valence-electron chi connectivity index (χ3n) is 10.1. The van der Waals surface area contributed by atoms with Crippen LogP contribution >= 0.6 is 0 Å². The van der Waals surface area contributed by atoms with Crippen LogP contribution < -0.4 is 9.47 Å². The number of carbonyl (C=O) groups is 2. The molecule has 4 aliphatic heterocycles. The largest absolute Gasteiger partial charge is 0.479 e. The average Bonchev–Trinajstić information content (AvgIpc) is 3.67. The molecule has 0 amide bonds. The molecule has 4 heterocycles. The van der Waals surface area contributed by atoms with E-state index in [4.69, 9.17) is 29.9 Å². The van der Waals surface area contributed by atoms with Crippen LogP contribution in [0.3, 0.4) is 0 Å². The van der Waals surface area contributed by atoms with Gasteiger partial charge in [-0.05, 0) is 49.5 Å².